The van der Waals surface area contributed by atoms with Gasteiger partial charge in [0.1, 0.15) is 0 Å². The maximum Gasteiger partial charge on any atom is -0.0269 e. The summed E-state index contributed by atoms with van der Waals surface area (Å²) in [6.45, 7) is 6.39. The molecule has 0 amide bonds. The van der Waals surface area contributed by atoms with E-state index in [-0.39, 0.29) is 0 Å². The third kappa shape index (κ3) is 0.997. The second-order valence-corrected chi connectivity index (χ2v) is 3.32. The molecule has 0 aromatic rings. The van der Waals surface area contributed by atoms with Gasteiger partial charge in [0.25, 0.3) is 0 Å². The van der Waals surface area contributed by atoms with Crippen LogP contribution in [0.25, 0.3) is 0 Å². The Bertz CT molecular complexity index is 84.7. The van der Waals surface area contributed by atoms with E-state index < -0.39 is 0 Å². The van der Waals surface area contributed by atoms with Crippen LogP contribution in [0, 0.1) is 11.3 Å². The standard InChI is InChI=1S/C7H12.C2H6/c1-6-5-7(6)3-2-4-7;1-2/h6H,2-5H2,1H3;1-2H3. The molecular formula is C9H18. The molecule has 0 heterocycles. The first-order valence-corrected chi connectivity index (χ1v) is 4.33. The van der Waals surface area contributed by atoms with Gasteiger partial charge < -0.3 is 0 Å². The molecule has 0 N–H and O–H groups in total. The molecule has 9 heavy (non-hydrogen) atoms. The lowest BCUT2D eigenvalue weighted by molar-refractivity contribution is 0.264. The smallest absolute Gasteiger partial charge is 0.0269 e. The van der Waals surface area contributed by atoms with Gasteiger partial charge >= 0.3 is 0 Å². The Morgan fingerprint density at radius 3 is 1.67 bits per heavy atom. The molecular weight excluding hydrogens is 108 g/mol. The average Bonchev–Trinajstić information content (AvgIpc) is 2.46. The van der Waals surface area contributed by atoms with Gasteiger partial charge in [0, 0.05) is 0 Å². The summed E-state index contributed by atoms with van der Waals surface area (Å²) in [6.07, 6.45) is 6.17. The maximum atomic E-state index is 2.39. The van der Waals surface area contributed by atoms with Gasteiger partial charge in [-0.05, 0) is 30.6 Å². The van der Waals surface area contributed by atoms with Crippen LogP contribution in [0.1, 0.15) is 46.5 Å². The van der Waals surface area contributed by atoms with Crippen molar-refractivity contribution in [3.05, 3.63) is 0 Å². The van der Waals surface area contributed by atoms with E-state index in [2.05, 4.69) is 6.92 Å². The average molecular weight is 126 g/mol. The molecule has 0 nitrogen and oxygen atoms in total. The van der Waals surface area contributed by atoms with Crippen molar-refractivity contribution in [2.24, 2.45) is 11.3 Å². The molecule has 54 valence electrons. The lowest BCUT2D eigenvalue weighted by atomic mass is 9.80. The summed E-state index contributed by atoms with van der Waals surface area (Å²) in [5, 5.41) is 0. The zero-order valence-electron chi connectivity index (χ0n) is 6.91. The first-order chi connectivity index (χ1) is 4.33. The molecule has 0 aliphatic heterocycles. The fraction of sp³-hybridized carbons (Fsp3) is 1.00. The van der Waals surface area contributed by atoms with Crippen molar-refractivity contribution >= 4 is 0 Å². The fourth-order valence-corrected chi connectivity index (χ4v) is 1.88. The monoisotopic (exact) mass is 126 g/mol. The van der Waals surface area contributed by atoms with Gasteiger partial charge in [0.2, 0.25) is 0 Å². The highest BCUT2D eigenvalue weighted by Crippen LogP contribution is 2.65. The van der Waals surface area contributed by atoms with Crippen molar-refractivity contribution in [3.8, 4) is 0 Å². The van der Waals surface area contributed by atoms with Gasteiger partial charge in [-0.3, -0.25) is 0 Å². The van der Waals surface area contributed by atoms with Crippen molar-refractivity contribution < 1.29 is 0 Å². The Kier molecular flexibility index (Phi) is 1.83. The van der Waals surface area contributed by atoms with Crippen LogP contribution in [-0.4, -0.2) is 0 Å². The van der Waals surface area contributed by atoms with Crippen LogP contribution in [0.5, 0.6) is 0 Å². The third-order valence-corrected chi connectivity index (χ3v) is 2.95. The topological polar surface area (TPSA) is 0 Å². The summed E-state index contributed by atoms with van der Waals surface area (Å²) >= 11 is 0. The van der Waals surface area contributed by atoms with E-state index >= 15 is 0 Å². The SMILES string of the molecule is CC.CC1CC12CCC2. The number of hydrogen-bond donors (Lipinski definition) is 0. The van der Waals surface area contributed by atoms with Gasteiger partial charge in [-0.1, -0.05) is 27.2 Å². The van der Waals surface area contributed by atoms with Crippen LogP contribution < -0.4 is 0 Å². The minimum absolute atomic E-state index is 0.931. The summed E-state index contributed by atoms with van der Waals surface area (Å²) < 4.78 is 0. The van der Waals surface area contributed by atoms with Gasteiger partial charge in [0.05, 0.1) is 0 Å². The van der Waals surface area contributed by atoms with E-state index in [4.69, 9.17) is 0 Å². The zero-order chi connectivity index (χ0) is 6.91. The molecule has 1 unspecified atom stereocenters. The molecule has 0 bridgehead atoms. The molecule has 2 fully saturated rings. The predicted octanol–water partition coefficient (Wildman–Crippen LogP) is 3.22. The summed E-state index contributed by atoms with van der Waals surface area (Å²) in [6, 6.07) is 0. The van der Waals surface area contributed by atoms with Crippen LogP contribution in [-0.2, 0) is 0 Å². The second kappa shape index (κ2) is 2.32. The van der Waals surface area contributed by atoms with Gasteiger partial charge in [-0.15, -0.1) is 0 Å². The third-order valence-electron chi connectivity index (χ3n) is 2.95. The number of rotatable bonds is 0. The van der Waals surface area contributed by atoms with Gasteiger partial charge in [-0.25, -0.2) is 0 Å². The molecule has 0 radical (unpaired) electrons. The molecule has 1 spiro atoms. The highest BCUT2D eigenvalue weighted by molar-refractivity contribution is 5.04. The van der Waals surface area contributed by atoms with Crippen molar-refractivity contribution in [2.75, 3.05) is 0 Å². The van der Waals surface area contributed by atoms with E-state index in [9.17, 15) is 0 Å². The van der Waals surface area contributed by atoms with Crippen LogP contribution in [0.15, 0.2) is 0 Å². The number of hydrogen-bond acceptors (Lipinski definition) is 0. The van der Waals surface area contributed by atoms with Gasteiger partial charge in [-0.2, -0.15) is 0 Å². The highest BCUT2D eigenvalue weighted by Gasteiger charge is 2.54. The predicted molar refractivity (Wildman–Crippen MR) is 41.4 cm³/mol. The molecule has 0 heteroatoms. The minimum Gasteiger partial charge on any atom is -0.0683 e. The Hall–Kier alpha value is 0. The van der Waals surface area contributed by atoms with Crippen LogP contribution in [0.3, 0.4) is 0 Å². The quantitative estimate of drug-likeness (QED) is 0.467. The molecule has 2 aliphatic rings. The van der Waals surface area contributed by atoms with E-state index in [1.165, 1.54) is 6.42 Å². The van der Waals surface area contributed by atoms with Crippen molar-refractivity contribution in [1.82, 2.24) is 0 Å². The molecule has 2 aliphatic carbocycles. The molecule has 2 saturated carbocycles. The lowest BCUT2D eigenvalue weighted by Crippen LogP contribution is -2.13. The van der Waals surface area contributed by atoms with Crippen molar-refractivity contribution in [1.29, 1.82) is 0 Å². The molecule has 0 aromatic carbocycles. The minimum atomic E-state index is 0.931. The van der Waals surface area contributed by atoms with Crippen LogP contribution >= 0.6 is 0 Å². The largest absolute Gasteiger partial charge is 0.0683 e. The van der Waals surface area contributed by atoms with E-state index in [0.717, 1.165) is 11.3 Å². The summed E-state index contributed by atoms with van der Waals surface area (Å²) in [5.74, 6) is 1.10. The summed E-state index contributed by atoms with van der Waals surface area (Å²) in [7, 11) is 0. The zero-order valence-corrected chi connectivity index (χ0v) is 6.91. The highest BCUT2D eigenvalue weighted by atomic mass is 14.6. The van der Waals surface area contributed by atoms with E-state index in [0.29, 0.717) is 0 Å². The van der Waals surface area contributed by atoms with Crippen LogP contribution in [0.2, 0.25) is 0 Å². The fourth-order valence-electron chi connectivity index (χ4n) is 1.88. The van der Waals surface area contributed by atoms with Crippen LogP contribution in [0.4, 0.5) is 0 Å². The Balaban J connectivity index is 0.000000186. The van der Waals surface area contributed by atoms with E-state index in [1.807, 2.05) is 13.8 Å². The normalized spacial score (nSPS) is 34.3. The first-order valence-electron chi connectivity index (χ1n) is 4.33. The van der Waals surface area contributed by atoms with Crippen molar-refractivity contribution in [2.45, 2.75) is 46.5 Å². The lowest BCUT2D eigenvalue weighted by Gasteiger charge is -2.25. The van der Waals surface area contributed by atoms with Crippen molar-refractivity contribution in [3.63, 3.8) is 0 Å². The maximum absolute atomic E-state index is 2.39. The Labute approximate surface area is 58.7 Å². The molecule has 0 saturated heterocycles. The Morgan fingerprint density at radius 1 is 1.22 bits per heavy atom. The molecule has 2 rings (SSSR count). The molecule has 1 atom stereocenters. The second-order valence-electron chi connectivity index (χ2n) is 3.32. The summed E-state index contributed by atoms with van der Waals surface area (Å²) in [4.78, 5) is 0. The molecule has 0 aromatic heterocycles. The van der Waals surface area contributed by atoms with Gasteiger partial charge in [0.15, 0.2) is 0 Å². The first kappa shape index (κ1) is 7.11. The van der Waals surface area contributed by atoms with E-state index in [1.54, 1.807) is 19.3 Å². The Morgan fingerprint density at radius 2 is 1.67 bits per heavy atom. The summed E-state index contributed by atoms with van der Waals surface area (Å²) in [5.41, 5.74) is 0.931.